The smallest absolute Gasteiger partial charge is 0.229 e. The molecular weight excluding hydrogens is 214 g/mol. The number of amides is 1. The Morgan fingerprint density at radius 3 is 2.76 bits per heavy atom. The third kappa shape index (κ3) is 1.79. The SMILES string of the molecule is CC1(C)C(N)CC(=O)N1c1cccc(C#N)c1. The van der Waals surface area contributed by atoms with E-state index in [-0.39, 0.29) is 11.9 Å². The Bertz CT molecular complexity index is 502. The standard InChI is InChI=1S/C13H15N3O/c1-13(2)11(15)7-12(17)16(13)10-5-3-4-9(6-10)8-14/h3-6,11H,7,15H2,1-2H3. The lowest BCUT2D eigenvalue weighted by Gasteiger charge is -2.34. The highest BCUT2D eigenvalue weighted by Crippen LogP contribution is 2.34. The number of carbonyl (C=O) groups is 1. The van der Waals surface area contributed by atoms with Crippen molar-refractivity contribution in [2.24, 2.45) is 5.73 Å². The predicted molar refractivity (Wildman–Crippen MR) is 65.3 cm³/mol. The molecule has 1 fully saturated rings. The van der Waals surface area contributed by atoms with Gasteiger partial charge in [-0.3, -0.25) is 4.79 Å². The highest BCUT2D eigenvalue weighted by molar-refractivity contribution is 5.98. The number of nitrogens with two attached hydrogens (primary N) is 1. The van der Waals surface area contributed by atoms with Crippen molar-refractivity contribution in [3.8, 4) is 6.07 Å². The summed E-state index contributed by atoms with van der Waals surface area (Å²) in [5.41, 5.74) is 6.85. The van der Waals surface area contributed by atoms with Gasteiger partial charge in [-0.1, -0.05) is 6.07 Å². The van der Waals surface area contributed by atoms with Gasteiger partial charge in [0.2, 0.25) is 5.91 Å². The highest BCUT2D eigenvalue weighted by Gasteiger charge is 2.45. The second-order valence-electron chi connectivity index (χ2n) is 4.86. The lowest BCUT2D eigenvalue weighted by atomic mass is 9.96. The molecule has 2 rings (SSSR count). The van der Waals surface area contributed by atoms with Gasteiger partial charge in [-0.15, -0.1) is 0 Å². The van der Waals surface area contributed by atoms with Crippen LogP contribution in [-0.2, 0) is 4.79 Å². The summed E-state index contributed by atoms with van der Waals surface area (Å²) in [5, 5.41) is 8.87. The summed E-state index contributed by atoms with van der Waals surface area (Å²) in [5.74, 6) is 0.0117. The Hall–Kier alpha value is -1.86. The summed E-state index contributed by atoms with van der Waals surface area (Å²) in [4.78, 5) is 13.7. The molecule has 88 valence electrons. The maximum absolute atomic E-state index is 12.0. The number of nitrogens with zero attached hydrogens (tertiary/aromatic N) is 2. The minimum Gasteiger partial charge on any atom is -0.325 e. The van der Waals surface area contributed by atoms with E-state index in [1.165, 1.54) is 0 Å². The fourth-order valence-electron chi connectivity index (χ4n) is 2.21. The molecule has 2 N–H and O–H groups in total. The molecule has 0 saturated carbocycles. The number of nitriles is 1. The normalized spacial score (nSPS) is 22.6. The van der Waals surface area contributed by atoms with Gasteiger partial charge in [0, 0.05) is 18.2 Å². The summed E-state index contributed by atoms with van der Waals surface area (Å²) < 4.78 is 0. The van der Waals surface area contributed by atoms with Crippen LogP contribution in [0.5, 0.6) is 0 Å². The molecule has 4 nitrogen and oxygen atoms in total. The van der Waals surface area contributed by atoms with Crippen molar-refractivity contribution in [2.45, 2.75) is 31.8 Å². The fourth-order valence-corrected chi connectivity index (χ4v) is 2.21. The molecule has 0 aromatic heterocycles. The average molecular weight is 229 g/mol. The van der Waals surface area contributed by atoms with E-state index in [4.69, 9.17) is 11.0 Å². The second kappa shape index (κ2) is 3.86. The fraction of sp³-hybridized carbons (Fsp3) is 0.385. The summed E-state index contributed by atoms with van der Waals surface area (Å²) in [6.45, 7) is 3.89. The number of benzene rings is 1. The van der Waals surface area contributed by atoms with E-state index in [1.54, 1.807) is 23.1 Å². The molecule has 1 heterocycles. The van der Waals surface area contributed by atoms with Gasteiger partial charge in [0.05, 0.1) is 17.2 Å². The Morgan fingerprint density at radius 2 is 2.24 bits per heavy atom. The first-order valence-corrected chi connectivity index (χ1v) is 5.55. The molecule has 0 radical (unpaired) electrons. The molecular formula is C13H15N3O. The van der Waals surface area contributed by atoms with E-state index >= 15 is 0 Å². The van der Waals surface area contributed by atoms with Crippen LogP contribution < -0.4 is 10.6 Å². The number of anilines is 1. The van der Waals surface area contributed by atoms with Gasteiger partial charge in [0.15, 0.2) is 0 Å². The molecule has 1 atom stereocenters. The van der Waals surface area contributed by atoms with E-state index in [0.29, 0.717) is 12.0 Å². The first-order chi connectivity index (χ1) is 7.96. The Balaban J connectivity index is 2.46. The van der Waals surface area contributed by atoms with Crippen molar-refractivity contribution >= 4 is 11.6 Å². The average Bonchev–Trinajstić information content (AvgIpc) is 2.48. The maximum atomic E-state index is 12.0. The van der Waals surface area contributed by atoms with Crippen molar-refractivity contribution < 1.29 is 4.79 Å². The van der Waals surface area contributed by atoms with Crippen LogP contribution in [0.3, 0.4) is 0 Å². The van der Waals surface area contributed by atoms with Crippen molar-refractivity contribution in [1.29, 1.82) is 5.26 Å². The van der Waals surface area contributed by atoms with E-state index in [1.807, 2.05) is 19.9 Å². The first kappa shape index (κ1) is 11.6. The van der Waals surface area contributed by atoms with Crippen LogP contribution in [0.15, 0.2) is 24.3 Å². The maximum Gasteiger partial charge on any atom is 0.229 e. The minimum absolute atomic E-state index is 0.0117. The number of rotatable bonds is 1. The molecule has 0 aliphatic carbocycles. The van der Waals surface area contributed by atoms with Crippen LogP contribution in [-0.4, -0.2) is 17.5 Å². The topological polar surface area (TPSA) is 70.1 Å². The lowest BCUT2D eigenvalue weighted by molar-refractivity contribution is -0.117. The van der Waals surface area contributed by atoms with Crippen LogP contribution in [0.25, 0.3) is 0 Å². The van der Waals surface area contributed by atoms with Gasteiger partial charge in [-0.25, -0.2) is 0 Å². The Morgan fingerprint density at radius 1 is 1.53 bits per heavy atom. The Kier molecular flexibility index (Phi) is 2.64. The second-order valence-corrected chi connectivity index (χ2v) is 4.86. The van der Waals surface area contributed by atoms with Crippen LogP contribution in [0, 0.1) is 11.3 Å². The zero-order valence-corrected chi connectivity index (χ0v) is 9.97. The third-order valence-corrected chi connectivity index (χ3v) is 3.36. The predicted octanol–water partition coefficient (Wildman–Crippen LogP) is 1.40. The van der Waals surface area contributed by atoms with Crippen LogP contribution in [0.4, 0.5) is 5.69 Å². The zero-order chi connectivity index (χ0) is 12.6. The minimum atomic E-state index is -0.412. The molecule has 1 aromatic rings. The first-order valence-electron chi connectivity index (χ1n) is 5.55. The number of carbonyl (C=O) groups excluding carboxylic acids is 1. The summed E-state index contributed by atoms with van der Waals surface area (Å²) in [6, 6.07) is 8.95. The molecule has 0 spiro atoms. The van der Waals surface area contributed by atoms with Gasteiger partial charge in [0.25, 0.3) is 0 Å². The van der Waals surface area contributed by atoms with Gasteiger partial charge in [0.1, 0.15) is 0 Å². The molecule has 1 aliphatic heterocycles. The van der Waals surface area contributed by atoms with Crippen LogP contribution >= 0.6 is 0 Å². The summed E-state index contributed by atoms with van der Waals surface area (Å²) in [7, 11) is 0. The van der Waals surface area contributed by atoms with Gasteiger partial charge in [-0.2, -0.15) is 5.26 Å². The summed E-state index contributed by atoms with van der Waals surface area (Å²) >= 11 is 0. The summed E-state index contributed by atoms with van der Waals surface area (Å²) in [6.07, 6.45) is 0.351. The van der Waals surface area contributed by atoms with E-state index in [9.17, 15) is 4.79 Å². The largest absolute Gasteiger partial charge is 0.325 e. The molecule has 17 heavy (non-hydrogen) atoms. The van der Waals surface area contributed by atoms with Gasteiger partial charge in [-0.05, 0) is 32.0 Å². The highest BCUT2D eigenvalue weighted by atomic mass is 16.2. The number of hydrogen-bond donors (Lipinski definition) is 1. The lowest BCUT2D eigenvalue weighted by Crippen LogP contribution is -2.49. The van der Waals surface area contributed by atoms with Crippen LogP contribution in [0.1, 0.15) is 25.8 Å². The molecule has 0 bridgehead atoms. The third-order valence-electron chi connectivity index (χ3n) is 3.36. The Labute approximate surface area is 101 Å². The van der Waals surface area contributed by atoms with Crippen molar-refractivity contribution in [2.75, 3.05) is 4.90 Å². The molecule has 1 unspecified atom stereocenters. The number of hydrogen-bond acceptors (Lipinski definition) is 3. The molecule has 1 aliphatic rings. The van der Waals surface area contributed by atoms with Gasteiger partial charge >= 0.3 is 0 Å². The zero-order valence-electron chi connectivity index (χ0n) is 9.97. The van der Waals surface area contributed by atoms with Gasteiger partial charge < -0.3 is 10.6 Å². The van der Waals surface area contributed by atoms with E-state index in [0.717, 1.165) is 5.69 Å². The van der Waals surface area contributed by atoms with E-state index in [2.05, 4.69) is 6.07 Å². The van der Waals surface area contributed by atoms with Crippen molar-refractivity contribution in [3.05, 3.63) is 29.8 Å². The van der Waals surface area contributed by atoms with E-state index < -0.39 is 5.54 Å². The molecule has 1 saturated heterocycles. The quantitative estimate of drug-likeness (QED) is 0.791. The van der Waals surface area contributed by atoms with Crippen molar-refractivity contribution in [1.82, 2.24) is 0 Å². The molecule has 1 amide bonds. The van der Waals surface area contributed by atoms with Crippen LogP contribution in [0.2, 0.25) is 0 Å². The van der Waals surface area contributed by atoms with Crippen molar-refractivity contribution in [3.63, 3.8) is 0 Å². The molecule has 1 aromatic carbocycles. The molecule has 4 heteroatoms. The monoisotopic (exact) mass is 229 g/mol.